The summed E-state index contributed by atoms with van der Waals surface area (Å²) in [4.78, 5) is 10.1. The van der Waals surface area contributed by atoms with Crippen molar-refractivity contribution in [1.29, 1.82) is 0 Å². The van der Waals surface area contributed by atoms with Crippen LogP contribution in [-0.2, 0) is 0 Å². The molecule has 3 heterocycles. The lowest BCUT2D eigenvalue weighted by atomic mass is 10.0. The van der Waals surface area contributed by atoms with E-state index < -0.39 is 0 Å². The van der Waals surface area contributed by atoms with E-state index in [9.17, 15) is 0 Å². The summed E-state index contributed by atoms with van der Waals surface area (Å²) in [5, 5.41) is 0. The Morgan fingerprint density at radius 3 is 3.06 bits per heavy atom. The molecule has 0 atom stereocenters. The van der Waals surface area contributed by atoms with Gasteiger partial charge in [-0.05, 0) is 19.0 Å². The van der Waals surface area contributed by atoms with Crippen molar-refractivity contribution in [2.24, 2.45) is 0 Å². The zero-order valence-electron chi connectivity index (χ0n) is 10.7. The van der Waals surface area contributed by atoms with E-state index in [-0.39, 0.29) is 0 Å². The van der Waals surface area contributed by atoms with Crippen molar-refractivity contribution in [3.05, 3.63) is 30.1 Å². The molecule has 3 rings (SSSR count). The number of methoxy groups -OCH3 is 1. The van der Waals surface area contributed by atoms with Gasteiger partial charge in [-0.25, -0.2) is 0 Å². The number of fused-ring (bicyclic) bond motifs is 1. The summed E-state index contributed by atoms with van der Waals surface area (Å²) in [5.41, 5.74) is 4.67. The largest absolute Gasteiger partial charge is 0.495 e. The zero-order chi connectivity index (χ0) is 12.5. The third-order valence-electron chi connectivity index (χ3n) is 3.48. The second-order valence-corrected chi connectivity index (χ2v) is 4.72. The second-order valence-electron chi connectivity index (χ2n) is 4.72. The second kappa shape index (κ2) is 4.46. The number of H-pyrrole nitrogens is 1. The third-order valence-corrected chi connectivity index (χ3v) is 3.48. The van der Waals surface area contributed by atoms with Gasteiger partial charge in [-0.1, -0.05) is 6.08 Å². The van der Waals surface area contributed by atoms with Gasteiger partial charge in [-0.2, -0.15) is 0 Å². The Morgan fingerprint density at radius 1 is 1.44 bits per heavy atom. The number of nitrogens with zero attached hydrogens (tertiary/aromatic N) is 2. The monoisotopic (exact) mass is 243 g/mol. The molecule has 0 saturated heterocycles. The van der Waals surface area contributed by atoms with Crippen LogP contribution in [0.1, 0.15) is 12.0 Å². The van der Waals surface area contributed by atoms with Crippen LogP contribution in [0.15, 0.2) is 24.5 Å². The number of pyridine rings is 1. The smallest absolute Gasteiger partial charge is 0.139 e. The van der Waals surface area contributed by atoms with Gasteiger partial charge in [-0.3, -0.25) is 4.98 Å². The molecule has 4 heteroatoms. The fourth-order valence-corrected chi connectivity index (χ4v) is 2.36. The molecule has 2 aromatic rings. The first-order valence-electron chi connectivity index (χ1n) is 6.17. The molecular formula is C14H17N3O. The first-order chi connectivity index (χ1) is 8.78. The van der Waals surface area contributed by atoms with Crippen molar-refractivity contribution >= 4 is 16.6 Å². The average molecular weight is 243 g/mol. The van der Waals surface area contributed by atoms with E-state index in [0.29, 0.717) is 0 Å². The number of ether oxygens (including phenoxy) is 1. The maximum Gasteiger partial charge on any atom is 0.139 e. The lowest BCUT2D eigenvalue weighted by Crippen LogP contribution is -2.23. The van der Waals surface area contributed by atoms with Crippen molar-refractivity contribution in [3.63, 3.8) is 0 Å². The van der Waals surface area contributed by atoms with Crippen LogP contribution in [-0.4, -0.2) is 42.1 Å². The first kappa shape index (κ1) is 11.3. The molecule has 0 saturated carbocycles. The summed E-state index contributed by atoms with van der Waals surface area (Å²) in [7, 11) is 3.80. The van der Waals surface area contributed by atoms with E-state index in [1.54, 1.807) is 13.3 Å². The predicted molar refractivity (Wildman–Crippen MR) is 72.7 cm³/mol. The molecule has 1 aliphatic heterocycles. The molecule has 0 fully saturated rings. The summed E-state index contributed by atoms with van der Waals surface area (Å²) < 4.78 is 5.19. The van der Waals surface area contributed by atoms with E-state index in [4.69, 9.17) is 4.74 Å². The Labute approximate surface area is 106 Å². The van der Waals surface area contributed by atoms with Crippen molar-refractivity contribution in [1.82, 2.24) is 14.9 Å². The van der Waals surface area contributed by atoms with Gasteiger partial charge in [0, 0.05) is 30.9 Å². The van der Waals surface area contributed by atoms with Crippen LogP contribution in [0, 0.1) is 0 Å². The number of aromatic nitrogens is 2. The van der Waals surface area contributed by atoms with E-state index in [0.717, 1.165) is 36.3 Å². The minimum absolute atomic E-state index is 0.785. The lowest BCUT2D eigenvalue weighted by molar-refractivity contribution is 0.370. The van der Waals surface area contributed by atoms with Crippen LogP contribution < -0.4 is 4.74 Å². The third kappa shape index (κ3) is 1.88. The summed E-state index contributed by atoms with van der Waals surface area (Å²) in [6, 6.07) is 1.99. The van der Waals surface area contributed by atoms with Gasteiger partial charge >= 0.3 is 0 Å². The normalized spacial score (nSPS) is 16.9. The Morgan fingerprint density at radius 2 is 2.33 bits per heavy atom. The minimum atomic E-state index is 0.785. The molecule has 94 valence electrons. The van der Waals surface area contributed by atoms with Gasteiger partial charge in [0.25, 0.3) is 0 Å². The van der Waals surface area contributed by atoms with Crippen LogP contribution in [0.25, 0.3) is 16.6 Å². The molecule has 4 nitrogen and oxygen atoms in total. The van der Waals surface area contributed by atoms with E-state index >= 15 is 0 Å². The molecule has 1 aliphatic rings. The van der Waals surface area contributed by atoms with E-state index in [2.05, 4.69) is 28.0 Å². The summed E-state index contributed by atoms with van der Waals surface area (Å²) >= 11 is 0. The number of hydrogen-bond acceptors (Lipinski definition) is 3. The highest BCUT2D eigenvalue weighted by atomic mass is 16.5. The number of nitrogens with one attached hydrogen (secondary N) is 1. The lowest BCUT2D eigenvalue weighted by Gasteiger charge is -2.21. The molecule has 0 spiro atoms. The summed E-state index contributed by atoms with van der Waals surface area (Å²) in [6.45, 7) is 2.12. The fraction of sp³-hybridized carbons (Fsp3) is 0.357. The number of aromatic amines is 1. The zero-order valence-corrected chi connectivity index (χ0v) is 10.7. The molecule has 18 heavy (non-hydrogen) atoms. The number of hydrogen-bond donors (Lipinski definition) is 1. The van der Waals surface area contributed by atoms with Gasteiger partial charge in [0.15, 0.2) is 0 Å². The maximum absolute atomic E-state index is 5.19. The number of likely N-dealkylation sites (N-methyl/N-ethyl adjacent to an activating group) is 1. The van der Waals surface area contributed by atoms with Crippen molar-refractivity contribution < 1.29 is 4.74 Å². The molecule has 0 aliphatic carbocycles. The SMILES string of the molecule is COc1cnc2c(C3=CCN(C)CC3)c[nH]c2c1. The molecule has 0 unspecified atom stereocenters. The van der Waals surface area contributed by atoms with E-state index in [1.165, 1.54) is 11.1 Å². The molecule has 2 aromatic heterocycles. The van der Waals surface area contributed by atoms with Gasteiger partial charge in [0.05, 0.1) is 24.3 Å². The highest BCUT2D eigenvalue weighted by Crippen LogP contribution is 2.29. The Hall–Kier alpha value is -1.81. The van der Waals surface area contributed by atoms with Crippen LogP contribution in [0.3, 0.4) is 0 Å². The Balaban J connectivity index is 2.03. The first-order valence-corrected chi connectivity index (χ1v) is 6.17. The number of rotatable bonds is 2. The molecule has 0 bridgehead atoms. The van der Waals surface area contributed by atoms with E-state index in [1.807, 2.05) is 12.3 Å². The summed E-state index contributed by atoms with van der Waals surface area (Å²) in [5.74, 6) is 0.785. The van der Waals surface area contributed by atoms with Crippen LogP contribution in [0.4, 0.5) is 0 Å². The average Bonchev–Trinajstić information content (AvgIpc) is 2.82. The molecular weight excluding hydrogens is 226 g/mol. The Kier molecular flexibility index (Phi) is 2.80. The topological polar surface area (TPSA) is 41.1 Å². The van der Waals surface area contributed by atoms with Gasteiger partial charge in [-0.15, -0.1) is 0 Å². The Bertz CT molecular complexity index is 600. The quantitative estimate of drug-likeness (QED) is 0.879. The highest BCUT2D eigenvalue weighted by Gasteiger charge is 2.14. The fourth-order valence-electron chi connectivity index (χ4n) is 2.36. The predicted octanol–water partition coefficient (Wildman–Crippen LogP) is 2.29. The van der Waals surface area contributed by atoms with Crippen molar-refractivity contribution in [2.75, 3.05) is 27.2 Å². The minimum Gasteiger partial charge on any atom is -0.495 e. The van der Waals surface area contributed by atoms with Gasteiger partial charge in [0.1, 0.15) is 5.75 Å². The molecule has 0 aromatic carbocycles. The van der Waals surface area contributed by atoms with Crippen LogP contribution >= 0.6 is 0 Å². The molecule has 0 radical (unpaired) electrons. The van der Waals surface area contributed by atoms with Gasteiger partial charge < -0.3 is 14.6 Å². The van der Waals surface area contributed by atoms with Crippen LogP contribution in [0.2, 0.25) is 0 Å². The van der Waals surface area contributed by atoms with Crippen LogP contribution in [0.5, 0.6) is 5.75 Å². The van der Waals surface area contributed by atoms with Crippen molar-refractivity contribution in [3.8, 4) is 5.75 Å². The molecule has 1 N–H and O–H groups in total. The maximum atomic E-state index is 5.19. The van der Waals surface area contributed by atoms with Crippen molar-refractivity contribution in [2.45, 2.75) is 6.42 Å². The van der Waals surface area contributed by atoms with Gasteiger partial charge in [0.2, 0.25) is 0 Å². The standard InChI is InChI=1S/C14H17N3O/c1-17-5-3-10(4-6-17)12-9-15-13-7-11(18-2)8-16-14(12)13/h3,7-9,15H,4-6H2,1-2H3. The summed E-state index contributed by atoms with van der Waals surface area (Å²) in [6.07, 6.45) is 7.19. The highest BCUT2D eigenvalue weighted by molar-refractivity contribution is 5.90. The molecule has 0 amide bonds.